The first-order chi connectivity index (χ1) is 9.95. The van der Waals surface area contributed by atoms with Gasteiger partial charge in [-0.1, -0.05) is 12.1 Å². The SMILES string of the molecule is C=CCCC[C@H](NC(=O)Cc1c(F)cccc1F)C(N)=O. The van der Waals surface area contributed by atoms with Crippen molar-refractivity contribution in [2.75, 3.05) is 0 Å². The molecule has 0 saturated carbocycles. The van der Waals surface area contributed by atoms with Crippen LogP contribution >= 0.6 is 0 Å². The Hall–Kier alpha value is -2.24. The number of primary amides is 1. The molecular weight excluding hydrogens is 278 g/mol. The number of unbranched alkanes of at least 4 members (excludes halogenated alkanes) is 1. The molecule has 0 aliphatic heterocycles. The average molecular weight is 296 g/mol. The molecule has 0 aliphatic carbocycles. The topological polar surface area (TPSA) is 72.2 Å². The van der Waals surface area contributed by atoms with E-state index in [-0.39, 0.29) is 5.56 Å². The van der Waals surface area contributed by atoms with E-state index in [0.29, 0.717) is 19.3 Å². The monoisotopic (exact) mass is 296 g/mol. The third-order valence-electron chi connectivity index (χ3n) is 2.98. The van der Waals surface area contributed by atoms with Gasteiger partial charge in [0.1, 0.15) is 17.7 Å². The molecule has 0 aromatic heterocycles. The zero-order valence-corrected chi connectivity index (χ0v) is 11.6. The molecule has 1 atom stereocenters. The summed E-state index contributed by atoms with van der Waals surface area (Å²) in [5, 5.41) is 2.40. The number of hydrogen-bond donors (Lipinski definition) is 2. The number of nitrogens with one attached hydrogen (secondary N) is 1. The lowest BCUT2D eigenvalue weighted by Crippen LogP contribution is -2.45. The Balaban J connectivity index is 2.65. The van der Waals surface area contributed by atoms with Gasteiger partial charge in [-0.05, 0) is 31.4 Å². The van der Waals surface area contributed by atoms with Gasteiger partial charge in [0.2, 0.25) is 11.8 Å². The minimum absolute atomic E-state index is 0.329. The van der Waals surface area contributed by atoms with Crippen molar-refractivity contribution in [2.45, 2.75) is 31.7 Å². The highest BCUT2D eigenvalue weighted by Gasteiger charge is 2.19. The summed E-state index contributed by atoms with van der Waals surface area (Å²) in [5.74, 6) is -2.93. The number of carbonyl (C=O) groups is 2. The second-order valence-electron chi connectivity index (χ2n) is 4.62. The molecule has 0 aliphatic rings. The zero-order valence-electron chi connectivity index (χ0n) is 11.6. The molecule has 1 aromatic rings. The van der Waals surface area contributed by atoms with E-state index >= 15 is 0 Å². The summed E-state index contributed by atoms with van der Waals surface area (Å²) in [6.07, 6.45) is 2.87. The summed E-state index contributed by atoms with van der Waals surface area (Å²) in [7, 11) is 0. The highest BCUT2D eigenvalue weighted by atomic mass is 19.1. The van der Waals surface area contributed by atoms with E-state index in [1.807, 2.05) is 0 Å². The first-order valence-corrected chi connectivity index (χ1v) is 6.58. The molecule has 114 valence electrons. The molecule has 2 amide bonds. The molecule has 0 saturated heterocycles. The number of halogens is 2. The number of amides is 2. The quantitative estimate of drug-likeness (QED) is 0.567. The fourth-order valence-electron chi connectivity index (χ4n) is 1.86. The van der Waals surface area contributed by atoms with Gasteiger partial charge in [0.25, 0.3) is 0 Å². The minimum atomic E-state index is -0.854. The van der Waals surface area contributed by atoms with Gasteiger partial charge in [0.05, 0.1) is 6.42 Å². The van der Waals surface area contributed by atoms with Gasteiger partial charge in [-0.2, -0.15) is 0 Å². The molecule has 0 unspecified atom stereocenters. The summed E-state index contributed by atoms with van der Waals surface area (Å²) in [6.45, 7) is 3.55. The number of allylic oxidation sites excluding steroid dienone is 1. The molecule has 0 bridgehead atoms. The van der Waals surface area contributed by atoms with Crippen molar-refractivity contribution in [3.05, 3.63) is 48.1 Å². The largest absolute Gasteiger partial charge is 0.368 e. The van der Waals surface area contributed by atoms with Crippen LogP contribution in [0.15, 0.2) is 30.9 Å². The second kappa shape index (κ2) is 8.14. The van der Waals surface area contributed by atoms with Crippen LogP contribution < -0.4 is 11.1 Å². The Bertz CT molecular complexity index is 512. The molecule has 0 fully saturated rings. The summed E-state index contributed by atoms with van der Waals surface area (Å²) in [5.41, 5.74) is 4.86. The summed E-state index contributed by atoms with van der Waals surface area (Å²) in [4.78, 5) is 23.0. The summed E-state index contributed by atoms with van der Waals surface area (Å²) in [6, 6.07) is 2.50. The predicted molar refractivity (Wildman–Crippen MR) is 75.2 cm³/mol. The Labute approximate surface area is 122 Å². The van der Waals surface area contributed by atoms with Crippen molar-refractivity contribution < 1.29 is 18.4 Å². The summed E-state index contributed by atoms with van der Waals surface area (Å²) < 4.78 is 26.9. The van der Waals surface area contributed by atoms with Crippen LogP contribution in [-0.4, -0.2) is 17.9 Å². The fraction of sp³-hybridized carbons (Fsp3) is 0.333. The minimum Gasteiger partial charge on any atom is -0.368 e. The highest BCUT2D eigenvalue weighted by Crippen LogP contribution is 2.13. The lowest BCUT2D eigenvalue weighted by atomic mass is 10.1. The zero-order chi connectivity index (χ0) is 15.8. The van der Waals surface area contributed by atoms with Gasteiger partial charge in [-0.3, -0.25) is 9.59 Å². The average Bonchev–Trinajstić information content (AvgIpc) is 2.42. The van der Waals surface area contributed by atoms with Crippen LogP contribution in [0.1, 0.15) is 24.8 Å². The standard InChI is InChI=1S/C15H18F2N2O2/c1-2-3-4-8-13(15(18)21)19-14(20)9-10-11(16)6-5-7-12(10)17/h2,5-7,13H,1,3-4,8-9H2,(H2,18,21)(H,19,20)/t13-/m0/s1. The lowest BCUT2D eigenvalue weighted by Gasteiger charge is -2.15. The molecule has 21 heavy (non-hydrogen) atoms. The van der Waals surface area contributed by atoms with Crippen LogP contribution in [0.5, 0.6) is 0 Å². The summed E-state index contributed by atoms with van der Waals surface area (Å²) >= 11 is 0. The van der Waals surface area contributed by atoms with E-state index in [1.165, 1.54) is 6.07 Å². The van der Waals surface area contributed by atoms with Crippen LogP contribution in [0.2, 0.25) is 0 Å². The third kappa shape index (κ3) is 5.33. The van der Waals surface area contributed by atoms with Gasteiger partial charge in [-0.25, -0.2) is 8.78 Å². The second-order valence-corrected chi connectivity index (χ2v) is 4.62. The Kier molecular flexibility index (Phi) is 6.52. The third-order valence-corrected chi connectivity index (χ3v) is 2.98. The molecule has 3 N–H and O–H groups in total. The first-order valence-electron chi connectivity index (χ1n) is 6.58. The maximum Gasteiger partial charge on any atom is 0.239 e. The Morgan fingerprint density at radius 1 is 1.33 bits per heavy atom. The number of carbonyl (C=O) groups excluding carboxylic acids is 2. The van der Waals surface area contributed by atoms with Crippen molar-refractivity contribution in [3.8, 4) is 0 Å². The molecule has 1 aromatic carbocycles. The number of benzene rings is 1. The van der Waals surface area contributed by atoms with Gasteiger partial charge < -0.3 is 11.1 Å². The van der Waals surface area contributed by atoms with Crippen LogP contribution in [0.4, 0.5) is 8.78 Å². The molecule has 0 spiro atoms. The van der Waals surface area contributed by atoms with Crippen molar-refractivity contribution in [1.29, 1.82) is 0 Å². The van der Waals surface area contributed by atoms with Gasteiger partial charge in [0, 0.05) is 5.56 Å². The predicted octanol–water partition coefficient (Wildman–Crippen LogP) is 1.83. The Morgan fingerprint density at radius 2 is 1.95 bits per heavy atom. The van der Waals surface area contributed by atoms with Gasteiger partial charge >= 0.3 is 0 Å². The van der Waals surface area contributed by atoms with Crippen LogP contribution in [0.3, 0.4) is 0 Å². The van der Waals surface area contributed by atoms with Crippen molar-refractivity contribution in [3.63, 3.8) is 0 Å². The molecule has 1 rings (SSSR count). The van der Waals surface area contributed by atoms with Crippen LogP contribution in [0, 0.1) is 11.6 Å². The van der Waals surface area contributed by atoms with E-state index in [1.54, 1.807) is 6.08 Å². The van der Waals surface area contributed by atoms with E-state index in [2.05, 4.69) is 11.9 Å². The fourth-order valence-corrected chi connectivity index (χ4v) is 1.86. The van der Waals surface area contributed by atoms with E-state index in [9.17, 15) is 18.4 Å². The van der Waals surface area contributed by atoms with Crippen molar-refractivity contribution >= 4 is 11.8 Å². The number of hydrogen-bond acceptors (Lipinski definition) is 2. The normalized spacial score (nSPS) is 11.7. The smallest absolute Gasteiger partial charge is 0.239 e. The molecule has 0 heterocycles. The molecule has 6 heteroatoms. The highest BCUT2D eigenvalue weighted by molar-refractivity contribution is 5.87. The molecule has 0 radical (unpaired) electrons. The van der Waals surface area contributed by atoms with Crippen molar-refractivity contribution in [2.24, 2.45) is 5.73 Å². The van der Waals surface area contributed by atoms with Crippen molar-refractivity contribution in [1.82, 2.24) is 5.32 Å². The van der Waals surface area contributed by atoms with Crippen LogP contribution in [0.25, 0.3) is 0 Å². The molecular formula is C15H18F2N2O2. The maximum absolute atomic E-state index is 13.4. The maximum atomic E-state index is 13.4. The number of rotatable bonds is 8. The van der Waals surface area contributed by atoms with Crippen LogP contribution in [-0.2, 0) is 16.0 Å². The van der Waals surface area contributed by atoms with E-state index < -0.39 is 35.9 Å². The lowest BCUT2D eigenvalue weighted by molar-refractivity contribution is -0.127. The Morgan fingerprint density at radius 3 is 2.48 bits per heavy atom. The number of nitrogens with two attached hydrogens (primary N) is 1. The van der Waals surface area contributed by atoms with E-state index in [4.69, 9.17) is 5.73 Å². The molecule has 4 nitrogen and oxygen atoms in total. The van der Waals surface area contributed by atoms with Gasteiger partial charge in [0.15, 0.2) is 0 Å². The van der Waals surface area contributed by atoms with Gasteiger partial charge in [-0.15, -0.1) is 6.58 Å². The first kappa shape index (κ1) is 16.8. The van der Waals surface area contributed by atoms with E-state index in [0.717, 1.165) is 12.1 Å².